The van der Waals surface area contributed by atoms with Crippen LogP contribution >= 0.6 is 0 Å². The van der Waals surface area contributed by atoms with Gasteiger partial charge in [0.2, 0.25) is 15.9 Å². The van der Waals surface area contributed by atoms with Crippen LogP contribution in [0.1, 0.15) is 5.56 Å². The van der Waals surface area contributed by atoms with E-state index in [4.69, 9.17) is 4.74 Å². The van der Waals surface area contributed by atoms with Crippen LogP contribution in [0.5, 0.6) is 5.88 Å². The van der Waals surface area contributed by atoms with Gasteiger partial charge in [-0.3, -0.25) is 9.88 Å². The first-order valence-corrected chi connectivity index (χ1v) is 8.96. The Balaban J connectivity index is 1.57. The molecule has 24 heavy (non-hydrogen) atoms. The molecule has 4 heterocycles. The second-order valence-corrected chi connectivity index (χ2v) is 7.53. The summed E-state index contributed by atoms with van der Waals surface area (Å²) in [5.74, 6) is -0.271. The van der Waals surface area contributed by atoms with Crippen molar-refractivity contribution in [1.82, 2.24) is 19.6 Å². The number of fused-ring (bicyclic) bond motifs is 2. The van der Waals surface area contributed by atoms with Crippen LogP contribution in [-0.2, 0) is 16.6 Å². The lowest BCUT2D eigenvalue weighted by Crippen LogP contribution is -2.42. The summed E-state index contributed by atoms with van der Waals surface area (Å²) < 4.78 is 47.1. The number of ether oxygens (including phenoxy) is 1. The number of pyridine rings is 2. The maximum Gasteiger partial charge on any atom is 0.246 e. The predicted octanol–water partition coefficient (Wildman–Crippen LogP) is 0.539. The van der Waals surface area contributed by atoms with Crippen molar-refractivity contribution in [2.75, 3.05) is 13.1 Å². The molecule has 0 aromatic carbocycles. The highest BCUT2D eigenvalue weighted by Gasteiger charge is 2.41. The van der Waals surface area contributed by atoms with Crippen molar-refractivity contribution in [2.24, 2.45) is 0 Å². The first-order chi connectivity index (χ1) is 11.5. The molecule has 0 spiro atoms. The van der Waals surface area contributed by atoms with Crippen LogP contribution in [0, 0.1) is 5.82 Å². The third-order valence-corrected chi connectivity index (χ3v) is 5.69. The zero-order chi connectivity index (χ0) is 16.7. The summed E-state index contributed by atoms with van der Waals surface area (Å²) in [6.07, 6.45) is 3.82. The van der Waals surface area contributed by atoms with Crippen molar-refractivity contribution in [1.29, 1.82) is 0 Å². The molecule has 9 heteroatoms. The highest BCUT2D eigenvalue weighted by Crippen LogP contribution is 2.29. The molecule has 0 bridgehead atoms. The molecule has 126 valence electrons. The number of nitrogens with zero attached hydrogens (tertiary/aromatic N) is 3. The number of sulfonamides is 1. The maximum absolute atomic E-state index is 13.8. The van der Waals surface area contributed by atoms with Gasteiger partial charge in [0.15, 0.2) is 0 Å². The van der Waals surface area contributed by atoms with Crippen molar-refractivity contribution >= 4 is 10.0 Å². The number of nitrogens with one attached hydrogen (secondary N) is 1. The van der Waals surface area contributed by atoms with Gasteiger partial charge in [0, 0.05) is 37.6 Å². The highest BCUT2D eigenvalue weighted by atomic mass is 32.2. The molecule has 1 saturated heterocycles. The highest BCUT2D eigenvalue weighted by molar-refractivity contribution is 7.89. The van der Waals surface area contributed by atoms with Gasteiger partial charge in [-0.05, 0) is 18.2 Å². The molecular weight excluding hydrogens is 335 g/mol. The van der Waals surface area contributed by atoms with Crippen molar-refractivity contribution in [3.8, 4) is 5.88 Å². The lowest BCUT2D eigenvalue weighted by atomic mass is 10.2. The number of hydrogen-bond donors (Lipinski definition) is 1. The van der Waals surface area contributed by atoms with Gasteiger partial charge in [0.05, 0.1) is 12.2 Å². The van der Waals surface area contributed by atoms with Crippen LogP contribution < -0.4 is 9.46 Å². The fourth-order valence-electron chi connectivity index (χ4n) is 3.06. The molecule has 2 aromatic rings. The summed E-state index contributed by atoms with van der Waals surface area (Å²) >= 11 is 0. The van der Waals surface area contributed by atoms with Gasteiger partial charge in [0.1, 0.15) is 16.8 Å². The Morgan fingerprint density at radius 3 is 3.04 bits per heavy atom. The van der Waals surface area contributed by atoms with Gasteiger partial charge in [-0.2, -0.15) is 0 Å². The lowest BCUT2D eigenvalue weighted by molar-refractivity contribution is 0.176. The van der Waals surface area contributed by atoms with E-state index in [9.17, 15) is 12.8 Å². The minimum Gasteiger partial charge on any atom is -0.470 e. The molecule has 4 rings (SSSR count). The molecule has 0 saturated carbocycles. The van der Waals surface area contributed by atoms with E-state index in [1.165, 1.54) is 24.7 Å². The van der Waals surface area contributed by atoms with E-state index < -0.39 is 16.1 Å². The Morgan fingerprint density at radius 2 is 2.21 bits per heavy atom. The number of halogens is 1. The van der Waals surface area contributed by atoms with Crippen molar-refractivity contribution in [3.05, 3.63) is 48.2 Å². The second kappa shape index (κ2) is 5.76. The molecule has 0 aliphatic carbocycles. The number of aromatic nitrogens is 2. The van der Waals surface area contributed by atoms with Gasteiger partial charge >= 0.3 is 0 Å². The molecule has 0 amide bonds. The molecule has 1 N–H and O–H groups in total. The molecule has 2 atom stereocenters. The van der Waals surface area contributed by atoms with Crippen molar-refractivity contribution in [2.45, 2.75) is 23.6 Å². The monoisotopic (exact) mass is 350 g/mol. The van der Waals surface area contributed by atoms with Crippen LogP contribution in [-0.4, -0.2) is 48.5 Å². The van der Waals surface area contributed by atoms with Crippen LogP contribution in [0.15, 0.2) is 41.7 Å². The SMILES string of the molecule is O=S1(=O)NC2CN(Cc3ccncc3F)CC2Oc2ncccc21. The largest absolute Gasteiger partial charge is 0.470 e. The molecule has 2 aromatic heterocycles. The first-order valence-electron chi connectivity index (χ1n) is 7.48. The smallest absolute Gasteiger partial charge is 0.246 e. The Bertz CT molecular complexity index is 877. The van der Waals surface area contributed by atoms with Crippen molar-refractivity contribution < 1.29 is 17.5 Å². The Labute approximate surface area is 138 Å². The minimum absolute atomic E-state index is 0.0473. The van der Waals surface area contributed by atoms with Crippen LogP contribution in [0.3, 0.4) is 0 Å². The summed E-state index contributed by atoms with van der Waals surface area (Å²) in [7, 11) is -3.69. The number of hydrogen-bond acceptors (Lipinski definition) is 6. The van der Waals surface area contributed by atoms with Gasteiger partial charge in [-0.25, -0.2) is 22.5 Å². The number of rotatable bonds is 2. The molecule has 2 unspecified atom stereocenters. The molecule has 2 aliphatic heterocycles. The second-order valence-electron chi connectivity index (χ2n) is 5.85. The average molecular weight is 350 g/mol. The summed E-state index contributed by atoms with van der Waals surface area (Å²) in [5, 5.41) is 0. The fraction of sp³-hybridized carbons (Fsp3) is 0.333. The topological polar surface area (TPSA) is 84.4 Å². The van der Waals surface area contributed by atoms with Gasteiger partial charge in [0.25, 0.3) is 0 Å². The fourth-order valence-corrected chi connectivity index (χ4v) is 4.40. The van der Waals surface area contributed by atoms with E-state index in [1.807, 2.05) is 4.90 Å². The Kier molecular flexibility index (Phi) is 3.70. The summed E-state index contributed by atoms with van der Waals surface area (Å²) in [6.45, 7) is 1.27. The predicted molar refractivity (Wildman–Crippen MR) is 82.2 cm³/mol. The third-order valence-electron chi connectivity index (χ3n) is 4.19. The summed E-state index contributed by atoms with van der Waals surface area (Å²) in [4.78, 5) is 9.76. The molecule has 1 fully saturated rings. The zero-order valence-corrected chi connectivity index (χ0v) is 13.4. The molecule has 7 nitrogen and oxygen atoms in total. The van der Waals surface area contributed by atoms with E-state index in [2.05, 4.69) is 14.7 Å². The lowest BCUT2D eigenvalue weighted by Gasteiger charge is -2.16. The van der Waals surface area contributed by atoms with Crippen LogP contribution in [0.2, 0.25) is 0 Å². The van der Waals surface area contributed by atoms with Gasteiger partial charge in [-0.15, -0.1) is 0 Å². The first kappa shape index (κ1) is 15.4. The van der Waals surface area contributed by atoms with E-state index in [0.29, 0.717) is 25.2 Å². The maximum atomic E-state index is 13.8. The van der Waals surface area contributed by atoms with E-state index in [0.717, 1.165) is 0 Å². The molecule has 2 aliphatic rings. The minimum atomic E-state index is -3.69. The standard InChI is InChI=1S/C15H15FN4O3S/c16-11-6-17-5-3-10(11)7-20-8-12-13(9-20)23-15-14(2-1-4-18-15)24(21,22)19-12/h1-6,12-13,19H,7-9H2. The summed E-state index contributed by atoms with van der Waals surface area (Å²) in [6, 6.07) is 4.23. The quantitative estimate of drug-likeness (QED) is 0.851. The Morgan fingerprint density at radius 1 is 1.33 bits per heavy atom. The van der Waals surface area contributed by atoms with E-state index in [-0.39, 0.29) is 22.7 Å². The van der Waals surface area contributed by atoms with Crippen LogP contribution in [0.25, 0.3) is 0 Å². The van der Waals surface area contributed by atoms with E-state index >= 15 is 0 Å². The zero-order valence-electron chi connectivity index (χ0n) is 12.6. The normalized spacial score (nSPS) is 25.4. The molecule has 0 radical (unpaired) electrons. The Hall–Kier alpha value is -2.10. The summed E-state index contributed by atoms with van der Waals surface area (Å²) in [5.41, 5.74) is 0.517. The van der Waals surface area contributed by atoms with E-state index in [1.54, 1.807) is 12.1 Å². The third kappa shape index (κ3) is 2.74. The van der Waals surface area contributed by atoms with Gasteiger partial charge in [-0.1, -0.05) is 0 Å². The van der Waals surface area contributed by atoms with Gasteiger partial charge < -0.3 is 4.74 Å². The van der Waals surface area contributed by atoms with Crippen molar-refractivity contribution in [3.63, 3.8) is 0 Å². The van der Waals surface area contributed by atoms with Crippen LogP contribution in [0.4, 0.5) is 4.39 Å². The molecular formula is C15H15FN4O3S. The average Bonchev–Trinajstić information content (AvgIpc) is 2.86. The number of likely N-dealkylation sites (tertiary alicyclic amines) is 1.